The molecule has 2 rings (SSSR count). The summed E-state index contributed by atoms with van der Waals surface area (Å²) >= 11 is 0. The molecule has 126 valence electrons. The quantitative estimate of drug-likeness (QED) is 0.615. The first-order valence-electron chi connectivity index (χ1n) is 7.73. The van der Waals surface area contributed by atoms with E-state index in [1.807, 2.05) is 31.2 Å². The number of hydrogen-bond acceptors (Lipinski definition) is 3. The Kier molecular flexibility index (Phi) is 6.19. The summed E-state index contributed by atoms with van der Waals surface area (Å²) in [4.78, 5) is 23.6. The second-order valence-electron chi connectivity index (χ2n) is 5.41. The molecule has 0 saturated carbocycles. The third-order valence-electron chi connectivity index (χ3n) is 3.34. The molecule has 0 aromatic heterocycles. The van der Waals surface area contributed by atoms with Crippen LogP contribution in [0.15, 0.2) is 48.5 Å². The maximum absolute atomic E-state index is 11.8. The van der Waals surface area contributed by atoms with Gasteiger partial charge < -0.3 is 21.1 Å². The molecule has 2 aromatic carbocycles. The number of anilines is 1. The number of amides is 3. The number of carbonyl (C=O) groups excluding carboxylic acids is 2. The fourth-order valence-electron chi connectivity index (χ4n) is 2.05. The van der Waals surface area contributed by atoms with Gasteiger partial charge in [-0.25, -0.2) is 4.79 Å². The molecule has 0 spiro atoms. The molecule has 0 atom stereocenters. The van der Waals surface area contributed by atoms with Gasteiger partial charge in [-0.1, -0.05) is 23.8 Å². The van der Waals surface area contributed by atoms with Crippen LogP contribution in [0.25, 0.3) is 0 Å². The summed E-state index contributed by atoms with van der Waals surface area (Å²) in [5.74, 6) is -0.202. The monoisotopic (exact) mass is 327 g/mol. The molecule has 6 heteroatoms. The van der Waals surface area contributed by atoms with Crippen LogP contribution in [0.5, 0.6) is 5.75 Å². The van der Waals surface area contributed by atoms with Gasteiger partial charge in [-0.3, -0.25) is 4.79 Å². The fraction of sp³-hybridized carbons (Fsp3) is 0.222. The minimum atomic E-state index is -0.279. The summed E-state index contributed by atoms with van der Waals surface area (Å²) in [5.41, 5.74) is 2.26. The van der Waals surface area contributed by atoms with E-state index in [-0.39, 0.29) is 17.7 Å². The Morgan fingerprint density at radius 3 is 2.42 bits per heavy atom. The van der Waals surface area contributed by atoms with Crippen molar-refractivity contribution in [2.45, 2.75) is 13.3 Å². The number of phenols is 1. The van der Waals surface area contributed by atoms with Crippen molar-refractivity contribution in [2.24, 2.45) is 0 Å². The number of nitrogens with one attached hydrogen (secondary N) is 3. The Labute approximate surface area is 140 Å². The van der Waals surface area contributed by atoms with Gasteiger partial charge in [0.15, 0.2) is 0 Å². The lowest BCUT2D eigenvalue weighted by Gasteiger charge is -2.09. The predicted octanol–water partition coefficient (Wildman–Crippen LogP) is 2.64. The van der Waals surface area contributed by atoms with E-state index in [1.165, 1.54) is 12.1 Å². The van der Waals surface area contributed by atoms with Crippen LogP contribution in [0.4, 0.5) is 10.5 Å². The lowest BCUT2D eigenvalue weighted by atomic mass is 10.2. The average Bonchev–Trinajstić information content (AvgIpc) is 2.56. The molecule has 0 fully saturated rings. The molecule has 0 aliphatic carbocycles. The van der Waals surface area contributed by atoms with Gasteiger partial charge in [0, 0.05) is 24.3 Å². The van der Waals surface area contributed by atoms with Crippen molar-refractivity contribution in [3.63, 3.8) is 0 Å². The SMILES string of the molecule is Cc1ccc(NC(=O)NCCCNC(=O)c2cccc(O)c2)cc1. The van der Waals surface area contributed by atoms with Gasteiger partial charge in [0.25, 0.3) is 5.91 Å². The van der Waals surface area contributed by atoms with E-state index in [4.69, 9.17) is 0 Å². The van der Waals surface area contributed by atoms with Gasteiger partial charge in [-0.05, 0) is 43.7 Å². The van der Waals surface area contributed by atoms with Crippen LogP contribution in [0.2, 0.25) is 0 Å². The highest BCUT2D eigenvalue weighted by atomic mass is 16.3. The minimum absolute atomic E-state index is 0.0529. The van der Waals surface area contributed by atoms with Crippen LogP contribution in [0.1, 0.15) is 22.3 Å². The summed E-state index contributed by atoms with van der Waals surface area (Å²) in [5, 5.41) is 17.5. The summed E-state index contributed by atoms with van der Waals surface area (Å²) in [6.45, 7) is 2.85. The predicted molar refractivity (Wildman–Crippen MR) is 93.3 cm³/mol. The van der Waals surface area contributed by atoms with Crippen molar-refractivity contribution in [2.75, 3.05) is 18.4 Å². The zero-order chi connectivity index (χ0) is 17.4. The van der Waals surface area contributed by atoms with Gasteiger partial charge in [0.05, 0.1) is 0 Å². The molecule has 3 amide bonds. The first-order valence-corrected chi connectivity index (χ1v) is 7.73. The number of aromatic hydroxyl groups is 1. The van der Waals surface area contributed by atoms with Gasteiger partial charge in [-0.15, -0.1) is 0 Å². The van der Waals surface area contributed by atoms with Crippen LogP contribution < -0.4 is 16.0 Å². The van der Waals surface area contributed by atoms with E-state index in [2.05, 4.69) is 16.0 Å². The molecule has 2 aromatic rings. The summed E-state index contributed by atoms with van der Waals surface area (Å²) in [6, 6.07) is 13.4. The van der Waals surface area contributed by atoms with E-state index < -0.39 is 0 Å². The van der Waals surface area contributed by atoms with Crippen molar-refractivity contribution >= 4 is 17.6 Å². The van der Waals surface area contributed by atoms with Crippen molar-refractivity contribution in [3.05, 3.63) is 59.7 Å². The molecular weight excluding hydrogens is 306 g/mol. The van der Waals surface area contributed by atoms with Crippen LogP contribution in [0, 0.1) is 6.92 Å². The fourth-order valence-corrected chi connectivity index (χ4v) is 2.05. The van der Waals surface area contributed by atoms with Crippen molar-refractivity contribution < 1.29 is 14.7 Å². The van der Waals surface area contributed by atoms with E-state index in [9.17, 15) is 14.7 Å². The molecule has 0 radical (unpaired) electrons. The van der Waals surface area contributed by atoms with Gasteiger partial charge in [0.1, 0.15) is 5.75 Å². The first kappa shape index (κ1) is 17.3. The highest BCUT2D eigenvalue weighted by Gasteiger charge is 2.05. The molecule has 0 saturated heterocycles. The van der Waals surface area contributed by atoms with Crippen molar-refractivity contribution in [1.29, 1.82) is 0 Å². The van der Waals surface area contributed by atoms with Crippen LogP contribution in [-0.2, 0) is 0 Å². The molecule has 6 nitrogen and oxygen atoms in total. The highest BCUT2D eigenvalue weighted by molar-refractivity contribution is 5.94. The Bertz CT molecular complexity index is 699. The molecular formula is C18H21N3O3. The maximum Gasteiger partial charge on any atom is 0.319 e. The Morgan fingerprint density at radius 1 is 1.00 bits per heavy atom. The van der Waals surface area contributed by atoms with Crippen molar-refractivity contribution in [1.82, 2.24) is 10.6 Å². The number of aryl methyl sites for hydroxylation is 1. The lowest BCUT2D eigenvalue weighted by molar-refractivity contribution is 0.0953. The average molecular weight is 327 g/mol. The maximum atomic E-state index is 11.8. The number of phenolic OH excluding ortho intramolecular Hbond substituents is 1. The van der Waals surface area contributed by atoms with Crippen LogP contribution >= 0.6 is 0 Å². The largest absolute Gasteiger partial charge is 0.508 e. The Hall–Kier alpha value is -3.02. The van der Waals surface area contributed by atoms with E-state index in [1.54, 1.807) is 12.1 Å². The van der Waals surface area contributed by atoms with Gasteiger partial charge >= 0.3 is 6.03 Å². The molecule has 4 N–H and O–H groups in total. The first-order chi connectivity index (χ1) is 11.5. The topological polar surface area (TPSA) is 90.5 Å². The zero-order valence-corrected chi connectivity index (χ0v) is 13.5. The molecule has 24 heavy (non-hydrogen) atoms. The third-order valence-corrected chi connectivity index (χ3v) is 3.34. The number of rotatable bonds is 6. The smallest absolute Gasteiger partial charge is 0.319 e. The highest BCUT2D eigenvalue weighted by Crippen LogP contribution is 2.10. The number of benzene rings is 2. The van der Waals surface area contributed by atoms with Gasteiger partial charge in [-0.2, -0.15) is 0 Å². The van der Waals surface area contributed by atoms with E-state index in [0.29, 0.717) is 25.1 Å². The molecule has 0 aliphatic rings. The third kappa shape index (κ3) is 5.64. The second kappa shape index (κ2) is 8.57. The summed E-state index contributed by atoms with van der Waals surface area (Å²) in [6.07, 6.45) is 0.603. The van der Waals surface area contributed by atoms with Crippen LogP contribution in [0.3, 0.4) is 0 Å². The minimum Gasteiger partial charge on any atom is -0.508 e. The standard InChI is InChI=1S/C18H21N3O3/c1-13-6-8-15(9-7-13)21-18(24)20-11-3-10-19-17(23)14-4-2-5-16(22)12-14/h2,4-9,12,22H,3,10-11H2,1H3,(H,19,23)(H2,20,21,24). The Morgan fingerprint density at radius 2 is 1.71 bits per heavy atom. The molecule has 0 unspecified atom stereocenters. The van der Waals surface area contributed by atoms with Crippen molar-refractivity contribution in [3.8, 4) is 5.75 Å². The number of urea groups is 1. The van der Waals surface area contributed by atoms with E-state index in [0.717, 1.165) is 11.3 Å². The molecule has 0 heterocycles. The molecule has 0 aliphatic heterocycles. The normalized spacial score (nSPS) is 10.0. The summed E-state index contributed by atoms with van der Waals surface area (Å²) in [7, 11) is 0. The molecule has 0 bridgehead atoms. The summed E-state index contributed by atoms with van der Waals surface area (Å²) < 4.78 is 0. The second-order valence-corrected chi connectivity index (χ2v) is 5.41. The lowest BCUT2D eigenvalue weighted by Crippen LogP contribution is -2.32. The number of hydrogen-bond donors (Lipinski definition) is 4. The number of carbonyl (C=O) groups is 2. The zero-order valence-electron chi connectivity index (χ0n) is 13.5. The Balaban J connectivity index is 1.63. The van der Waals surface area contributed by atoms with Crippen LogP contribution in [-0.4, -0.2) is 30.1 Å². The van der Waals surface area contributed by atoms with E-state index >= 15 is 0 Å². The van der Waals surface area contributed by atoms with Gasteiger partial charge in [0.2, 0.25) is 0 Å².